The number of hydrogen-bond donors (Lipinski definition) is 4. The summed E-state index contributed by atoms with van der Waals surface area (Å²) < 4.78 is 10.2. The molecule has 4 N–H and O–H groups in total. The molecule has 0 bridgehead atoms. The summed E-state index contributed by atoms with van der Waals surface area (Å²) in [5, 5.41) is 5.90. The van der Waals surface area contributed by atoms with E-state index in [1.54, 1.807) is 27.9 Å². The van der Waals surface area contributed by atoms with Crippen LogP contribution in [0.2, 0.25) is 0 Å². The minimum absolute atomic E-state index is 0.227. The zero-order valence-electron chi connectivity index (χ0n) is 16.2. The number of benzene rings is 1. The predicted octanol–water partition coefficient (Wildman–Crippen LogP) is 2.00. The fourth-order valence-corrected chi connectivity index (χ4v) is 2.04. The van der Waals surface area contributed by atoms with Crippen LogP contribution in [-0.4, -0.2) is 36.4 Å². The van der Waals surface area contributed by atoms with Gasteiger partial charge in [0.1, 0.15) is 11.4 Å². The van der Waals surface area contributed by atoms with E-state index in [-0.39, 0.29) is 12.3 Å². The molecule has 1 aromatic rings. The summed E-state index contributed by atoms with van der Waals surface area (Å²) in [7, 11) is 1.61. The van der Waals surface area contributed by atoms with E-state index >= 15 is 0 Å². The second kappa shape index (κ2) is 11.2. The van der Waals surface area contributed by atoms with Gasteiger partial charge in [-0.2, -0.15) is 0 Å². The number of hydrazine groups is 1. The van der Waals surface area contributed by atoms with Crippen molar-refractivity contribution in [2.24, 2.45) is 0 Å². The number of ether oxygens (including phenoxy) is 2. The molecule has 0 spiro atoms. The molecule has 0 aliphatic heterocycles. The molecule has 0 fully saturated rings. The monoisotopic (exact) mass is 396 g/mol. The van der Waals surface area contributed by atoms with Crippen molar-refractivity contribution in [3.05, 3.63) is 29.8 Å². The number of thiocarbonyl (C=S) groups is 1. The molecule has 1 aromatic carbocycles. The molecule has 0 aliphatic rings. The molecule has 8 nitrogen and oxygen atoms in total. The van der Waals surface area contributed by atoms with Crippen molar-refractivity contribution in [3.8, 4) is 5.75 Å². The van der Waals surface area contributed by atoms with Crippen molar-refractivity contribution in [1.29, 1.82) is 0 Å². The molecule has 0 aromatic heterocycles. The van der Waals surface area contributed by atoms with Gasteiger partial charge in [-0.25, -0.2) is 4.79 Å². The van der Waals surface area contributed by atoms with Gasteiger partial charge in [-0.15, -0.1) is 0 Å². The van der Waals surface area contributed by atoms with Gasteiger partial charge < -0.3 is 20.1 Å². The Morgan fingerprint density at radius 3 is 2.33 bits per heavy atom. The SMILES string of the molecule is COc1ccc(CNC(=S)NNC(=O)CCCNC(=O)OC(C)(C)C)cc1. The number of carbonyl (C=O) groups is 2. The van der Waals surface area contributed by atoms with Crippen LogP contribution < -0.4 is 26.2 Å². The second-order valence-corrected chi connectivity index (χ2v) is 7.14. The normalized spacial score (nSPS) is 10.5. The van der Waals surface area contributed by atoms with Crippen molar-refractivity contribution in [1.82, 2.24) is 21.5 Å². The molecule has 9 heteroatoms. The van der Waals surface area contributed by atoms with Crippen LogP contribution in [0.15, 0.2) is 24.3 Å². The number of rotatable bonds is 7. The summed E-state index contributed by atoms with van der Waals surface area (Å²) in [6.07, 6.45) is 0.229. The maximum atomic E-state index is 11.7. The summed E-state index contributed by atoms with van der Waals surface area (Å²) in [5.41, 5.74) is 5.63. The third-order valence-electron chi connectivity index (χ3n) is 3.18. The average molecular weight is 397 g/mol. The Kier molecular flexibility index (Phi) is 9.35. The van der Waals surface area contributed by atoms with Crippen molar-refractivity contribution < 1.29 is 19.1 Å². The maximum absolute atomic E-state index is 11.7. The molecule has 1 rings (SSSR count). The fraction of sp³-hybridized carbons (Fsp3) is 0.500. The van der Waals surface area contributed by atoms with E-state index in [9.17, 15) is 9.59 Å². The van der Waals surface area contributed by atoms with Crippen molar-refractivity contribution in [2.45, 2.75) is 45.8 Å². The van der Waals surface area contributed by atoms with E-state index in [0.717, 1.165) is 11.3 Å². The van der Waals surface area contributed by atoms with E-state index < -0.39 is 11.7 Å². The summed E-state index contributed by atoms with van der Waals surface area (Å²) in [6.45, 7) is 6.24. The molecule has 2 amide bonds. The third kappa shape index (κ3) is 10.9. The first-order valence-corrected chi connectivity index (χ1v) is 9.03. The Bertz CT molecular complexity index is 629. The number of carbonyl (C=O) groups excluding carboxylic acids is 2. The highest BCUT2D eigenvalue weighted by atomic mass is 32.1. The predicted molar refractivity (Wildman–Crippen MR) is 107 cm³/mol. The maximum Gasteiger partial charge on any atom is 0.407 e. The van der Waals surface area contributed by atoms with Crippen LogP contribution in [0.4, 0.5) is 4.79 Å². The molecule has 150 valence electrons. The average Bonchev–Trinajstić information content (AvgIpc) is 2.60. The first-order valence-electron chi connectivity index (χ1n) is 8.62. The Labute approximate surface area is 165 Å². The smallest absolute Gasteiger partial charge is 0.407 e. The molecular formula is C18H28N4O4S. The molecule has 0 atom stereocenters. The van der Waals surface area contributed by atoms with Gasteiger partial charge in [0.05, 0.1) is 7.11 Å². The van der Waals surface area contributed by atoms with Gasteiger partial charge in [-0.1, -0.05) is 12.1 Å². The minimum Gasteiger partial charge on any atom is -0.497 e. The Balaban J connectivity index is 2.13. The molecule has 0 radical (unpaired) electrons. The van der Waals surface area contributed by atoms with Crippen LogP contribution in [0.3, 0.4) is 0 Å². The molecule has 0 aliphatic carbocycles. The third-order valence-corrected chi connectivity index (χ3v) is 3.42. The van der Waals surface area contributed by atoms with Gasteiger partial charge >= 0.3 is 6.09 Å². The van der Waals surface area contributed by atoms with E-state index in [0.29, 0.717) is 24.6 Å². The first-order chi connectivity index (χ1) is 12.7. The Morgan fingerprint density at radius 2 is 1.74 bits per heavy atom. The minimum atomic E-state index is -0.542. The van der Waals surface area contributed by atoms with Crippen molar-refractivity contribution in [2.75, 3.05) is 13.7 Å². The fourth-order valence-electron chi connectivity index (χ4n) is 1.91. The van der Waals surface area contributed by atoms with Crippen LogP contribution in [0.1, 0.15) is 39.2 Å². The molecule has 0 saturated heterocycles. The van der Waals surface area contributed by atoms with Crippen LogP contribution in [0.5, 0.6) is 5.75 Å². The van der Waals surface area contributed by atoms with Gasteiger partial charge in [0, 0.05) is 19.5 Å². The molecular weight excluding hydrogens is 368 g/mol. The van der Waals surface area contributed by atoms with Crippen molar-refractivity contribution >= 4 is 29.3 Å². The van der Waals surface area contributed by atoms with Gasteiger partial charge in [0.25, 0.3) is 0 Å². The van der Waals surface area contributed by atoms with Gasteiger partial charge in [0.15, 0.2) is 5.11 Å². The lowest BCUT2D eigenvalue weighted by molar-refractivity contribution is -0.121. The quantitative estimate of drug-likeness (QED) is 0.318. The molecule has 0 heterocycles. The van der Waals surface area contributed by atoms with Crippen LogP contribution in [0, 0.1) is 0 Å². The van der Waals surface area contributed by atoms with Crippen LogP contribution in [0.25, 0.3) is 0 Å². The summed E-state index contributed by atoms with van der Waals surface area (Å²) in [5.74, 6) is 0.558. The topological polar surface area (TPSA) is 101 Å². The van der Waals surface area contributed by atoms with E-state index in [4.69, 9.17) is 21.7 Å². The first kappa shape index (κ1) is 22.5. The second-order valence-electron chi connectivity index (χ2n) is 6.74. The Hall–Kier alpha value is -2.55. The highest BCUT2D eigenvalue weighted by Gasteiger charge is 2.15. The van der Waals surface area contributed by atoms with Crippen molar-refractivity contribution in [3.63, 3.8) is 0 Å². The number of methoxy groups -OCH3 is 1. The lowest BCUT2D eigenvalue weighted by Gasteiger charge is -2.19. The molecule has 0 unspecified atom stereocenters. The zero-order chi connectivity index (χ0) is 20.3. The van der Waals surface area contributed by atoms with Gasteiger partial charge in [0.2, 0.25) is 5.91 Å². The highest BCUT2D eigenvalue weighted by molar-refractivity contribution is 7.80. The number of alkyl carbamates (subject to hydrolysis) is 1. The number of amides is 2. The lowest BCUT2D eigenvalue weighted by atomic mass is 10.2. The molecule has 0 saturated carbocycles. The van der Waals surface area contributed by atoms with E-state index in [1.807, 2.05) is 24.3 Å². The molecule has 27 heavy (non-hydrogen) atoms. The van der Waals surface area contributed by atoms with Crippen LogP contribution >= 0.6 is 12.2 Å². The number of nitrogens with one attached hydrogen (secondary N) is 4. The lowest BCUT2D eigenvalue weighted by Crippen LogP contribution is -2.46. The van der Waals surface area contributed by atoms with E-state index in [2.05, 4.69) is 21.5 Å². The summed E-state index contributed by atoms with van der Waals surface area (Å²) >= 11 is 5.11. The number of hydrogen-bond acceptors (Lipinski definition) is 5. The van der Waals surface area contributed by atoms with Crippen LogP contribution in [-0.2, 0) is 16.1 Å². The van der Waals surface area contributed by atoms with E-state index in [1.165, 1.54) is 0 Å². The summed E-state index contributed by atoms with van der Waals surface area (Å²) in [6, 6.07) is 7.57. The summed E-state index contributed by atoms with van der Waals surface area (Å²) in [4.78, 5) is 23.2. The Morgan fingerprint density at radius 1 is 1.07 bits per heavy atom. The van der Waals surface area contributed by atoms with Gasteiger partial charge in [-0.05, 0) is 57.1 Å². The highest BCUT2D eigenvalue weighted by Crippen LogP contribution is 2.10. The zero-order valence-corrected chi connectivity index (χ0v) is 17.0. The standard InChI is InChI=1S/C18H28N4O4S/c1-18(2,3)26-17(24)19-11-5-6-15(23)21-22-16(27)20-12-13-7-9-14(25-4)10-8-13/h7-10H,5-6,11-12H2,1-4H3,(H,19,24)(H,21,23)(H2,20,22,27). The largest absolute Gasteiger partial charge is 0.497 e. The van der Waals surface area contributed by atoms with Gasteiger partial charge in [-0.3, -0.25) is 15.6 Å².